The molecular formula is C28H32Cl2FN5O2. The van der Waals surface area contributed by atoms with Gasteiger partial charge in [-0.3, -0.25) is 0 Å². The number of aryl methyl sites for hydroxylation is 1. The first-order chi connectivity index (χ1) is 18.3. The topological polar surface area (TPSA) is 62.8 Å². The lowest BCUT2D eigenvalue weighted by molar-refractivity contribution is 0.271. The third-order valence-electron chi connectivity index (χ3n) is 6.82. The summed E-state index contributed by atoms with van der Waals surface area (Å²) in [5.74, 6) is 0.259. The number of halogens is 3. The van der Waals surface area contributed by atoms with E-state index in [1.807, 2.05) is 0 Å². The van der Waals surface area contributed by atoms with Crippen molar-refractivity contribution in [3.05, 3.63) is 62.9 Å². The van der Waals surface area contributed by atoms with Gasteiger partial charge in [-0.05, 0) is 43.7 Å². The van der Waals surface area contributed by atoms with Gasteiger partial charge in [-0.15, -0.1) is 0 Å². The lowest BCUT2D eigenvalue weighted by Crippen LogP contribution is -2.46. The molecule has 7 nitrogen and oxygen atoms in total. The Bertz CT molecular complexity index is 1300. The van der Waals surface area contributed by atoms with Crippen molar-refractivity contribution in [2.75, 3.05) is 57.2 Å². The summed E-state index contributed by atoms with van der Waals surface area (Å²) in [5, 5.41) is 3.45. The molecule has 0 bridgehead atoms. The van der Waals surface area contributed by atoms with Crippen molar-refractivity contribution in [1.29, 1.82) is 0 Å². The molecule has 2 heterocycles. The number of ether oxygens (including phenoxy) is 2. The van der Waals surface area contributed by atoms with Gasteiger partial charge in [-0.1, -0.05) is 36.2 Å². The number of anilines is 3. The Morgan fingerprint density at radius 2 is 1.63 bits per heavy atom. The third kappa shape index (κ3) is 5.82. The number of likely N-dealkylation sites (N-methyl/N-ethyl adjacent to an activating group) is 1. The zero-order valence-electron chi connectivity index (χ0n) is 22.2. The number of benzene rings is 2. The number of hydrogen-bond acceptors (Lipinski definition) is 7. The zero-order valence-corrected chi connectivity index (χ0v) is 23.8. The van der Waals surface area contributed by atoms with Gasteiger partial charge in [0, 0.05) is 61.6 Å². The second kappa shape index (κ2) is 12.2. The van der Waals surface area contributed by atoms with Gasteiger partial charge in [0.05, 0.1) is 29.8 Å². The quantitative estimate of drug-likeness (QED) is 0.326. The van der Waals surface area contributed by atoms with Crippen molar-refractivity contribution in [2.45, 2.75) is 20.8 Å². The first-order valence-corrected chi connectivity index (χ1v) is 13.2. The van der Waals surface area contributed by atoms with Crippen molar-refractivity contribution in [1.82, 2.24) is 14.9 Å². The van der Waals surface area contributed by atoms with E-state index in [4.69, 9.17) is 32.7 Å². The van der Waals surface area contributed by atoms with E-state index in [9.17, 15) is 0 Å². The SMILES string of the molecule is CCN1CCN(c2ccc(C)c(Nc3ncc(/C=C(\F)c4c(Cl)c(OC)cc(OC)c4Cl)cn3)c2C)CC1. The second-order valence-corrected chi connectivity index (χ2v) is 9.82. The summed E-state index contributed by atoms with van der Waals surface area (Å²) in [4.78, 5) is 13.7. The molecule has 0 aliphatic carbocycles. The van der Waals surface area contributed by atoms with Gasteiger partial charge in [0.25, 0.3) is 0 Å². The Hall–Kier alpha value is -3.07. The van der Waals surface area contributed by atoms with Crippen LogP contribution < -0.4 is 19.7 Å². The normalized spacial score (nSPS) is 14.5. The van der Waals surface area contributed by atoms with Gasteiger partial charge in [-0.25, -0.2) is 14.4 Å². The fourth-order valence-electron chi connectivity index (χ4n) is 4.58. The third-order valence-corrected chi connectivity index (χ3v) is 7.57. The molecule has 1 fully saturated rings. The van der Waals surface area contributed by atoms with E-state index >= 15 is 4.39 Å². The van der Waals surface area contributed by atoms with E-state index in [1.54, 1.807) is 0 Å². The Labute approximate surface area is 233 Å². The summed E-state index contributed by atoms with van der Waals surface area (Å²) in [6.07, 6.45) is 4.34. The molecule has 1 aromatic heterocycles. The summed E-state index contributed by atoms with van der Waals surface area (Å²) in [6, 6.07) is 5.80. The highest BCUT2D eigenvalue weighted by atomic mass is 35.5. The largest absolute Gasteiger partial charge is 0.495 e. The van der Waals surface area contributed by atoms with Crippen molar-refractivity contribution >= 4 is 52.4 Å². The number of nitrogens with zero attached hydrogens (tertiary/aromatic N) is 4. The van der Waals surface area contributed by atoms with Crippen LogP contribution >= 0.6 is 23.2 Å². The van der Waals surface area contributed by atoms with Gasteiger partial charge in [0.1, 0.15) is 17.3 Å². The number of rotatable bonds is 8. The smallest absolute Gasteiger partial charge is 0.227 e. The standard InChI is InChI=1S/C28H32Cl2FN5O2/c1-6-35-9-11-36(12-10-35)21-8-7-17(2)27(18(21)3)34-28-32-15-19(16-33-28)13-20(31)24-25(29)22(37-4)14-23(38-5)26(24)30/h7-8,13-16H,6,9-12H2,1-5H3,(H,32,33,34)/b20-13-. The van der Waals surface area contributed by atoms with Crippen LogP contribution in [0.1, 0.15) is 29.2 Å². The lowest BCUT2D eigenvalue weighted by atomic mass is 10.1. The molecule has 38 heavy (non-hydrogen) atoms. The molecule has 0 atom stereocenters. The molecule has 1 N–H and O–H groups in total. The monoisotopic (exact) mass is 559 g/mol. The maximum Gasteiger partial charge on any atom is 0.227 e. The van der Waals surface area contributed by atoms with Crippen LogP contribution in [0, 0.1) is 13.8 Å². The Kier molecular flexibility index (Phi) is 8.97. The minimum absolute atomic E-state index is 0.0189. The molecule has 0 amide bonds. The van der Waals surface area contributed by atoms with Crippen LogP contribution in [0.3, 0.4) is 0 Å². The number of methoxy groups -OCH3 is 2. The Balaban J connectivity index is 1.56. The maximum atomic E-state index is 15.3. The fourth-order valence-corrected chi connectivity index (χ4v) is 5.26. The number of aromatic nitrogens is 2. The van der Waals surface area contributed by atoms with E-state index in [-0.39, 0.29) is 27.1 Å². The van der Waals surface area contributed by atoms with Crippen LogP contribution in [0.4, 0.5) is 21.7 Å². The molecule has 0 spiro atoms. The molecular weight excluding hydrogens is 528 g/mol. The molecule has 0 saturated carbocycles. The molecule has 1 aliphatic heterocycles. The van der Waals surface area contributed by atoms with Crippen molar-refractivity contribution < 1.29 is 13.9 Å². The maximum absolute atomic E-state index is 15.3. The minimum atomic E-state index is -0.663. The van der Waals surface area contributed by atoms with Gasteiger partial charge in [0.15, 0.2) is 0 Å². The van der Waals surface area contributed by atoms with E-state index < -0.39 is 5.83 Å². The molecule has 1 aliphatic rings. The summed E-state index contributed by atoms with van der Waals surface area (Å²) < 4.78 is 25.8. The van der Waals surface area contributed by atoms with Gasteiger partial charge in [0.2, 0.25) is 5.95 Å². The van der Waals surface area contributed by atoms with Crippen LogP contribution in [0.2, 0.25) is 10.0 Å². The first kappa shape index (κ1) is 28.0. The van der Waals surface area contributed by atoms with Crippen LogP contribution in [0.25, 0.3) is 11.9 Å². The summed E-state index contributed by atoms with van der Waals surface area (Å²) >= 11 is 12.7. The zero-order chi connectivity index (χ0) is 27.4. The highest BCUT2D eigenvalue weighted by Gasteiger charge is 2.21. The van der Waals surface area contributed by atoms with Gasteiger partial charge < -0.3 is 24.6 Å². The molecule has 0 radical (unpaired) electrons. The van der Waals surface area contributed by atoms with E-state index in [0.29, 0.717) is 11.5 Å². The number of nitrogens with one attached hydrogen (secondary N) is 1. The molecule has 2 aromatic carbocycles. The lowest BCUT2D eigenvalue weighted by Gasteiger charge is -2.36. The Morgan fingerprint density at radius 1 is 1.03 bits per heavy atom. The van der Waals surface area contributed by atoms with Crippen LogP contribution in [0.15, 0.2) is 30.6 Å². The summed E-state index contributed by atoms with van der Waals surface area (Å²) in [7, 11) is 2.87. The van der Waals surface area contributed by atoms with Gasteiger partial charge >= 0.3 is 0 Å². The van der Waals surface area contributed by atoms with Gasteiger partial charge in [-0.2, -0.15) is 0 Å². The average molecular weight is 561 g/mol. The van der Waals surface area contributed by atoms with Crippen LogP contribution in [0.5, 0.6) is 11.5 Å². The highest BCUT2D eigenvalue weighted by Crippen LogP contribution is 2.44. The summed E-state index contributed by atoms with van der Waals surface area (Å²) in [6.45, 7) is 11.5. The molecule has 4 rings (SSSR count). The van der Waals surface area contributed by atoms with E-state index in [2.05, 4.69) is 58.0 Å². The van der Waals surface area contributed by atoms with Crippen LogP contribution in [-0.2, 0) is 0 Å². The van der Waals surface area contributed by atoms with E-state index in [1.165, 1.54) is 44.4 Å². The predicted octanol–water partition coefficient (Wildman–Crippen LogP) is 6.77. The van der Waals surface area contributed by atoms with Crippen LogP contribution in [-0.4, -0.2) is 61.8 Å². The molecule has 0 unspecified atom stereocenters. The van der Waals surface area contributed by atoms with Crippen molar-refractivity contribution in [3.8, 4) is 11.5 Å². The molecule has 3 aromatic rings. The average Bonchev–Trinajstić information content (AvgIpc) is 2.92. The Morgan fingerprint density at radius 3 is 2.18 bits per heavy atom. The molecule has 10 heteroatoms. The predicted molar refractivity (Wildman–Crippen MR) is 154 cm³/mol. The van der Waals surface area contributed by atoms with Crippen molar-refractivity contribution in [3.63, 3.8) is 0 Å². The first-order valence-electron chi connectivity index (χ1n) is 12.4. The second-order valence-electron chi connectivity index (χ2n) is 9.06. The number of hydrogen-bond donors (Lipinski definition) is 1. The summed E-state index contributed by atoms with van der Waals surface area (Å²) in [5.41, 5.74) is 4.83. The molecule has 202 valence electrons. The van der Waals surface area contributed by atoms with E-state index in [0.717, 1.165) is 49.5 Å². The number of piperazine rings is 1. The molecule has 1 saturated heterocycles. The fraction of sp³-hybridized carbons (Fsp3) is 0.357. The van der Waals surface area contributed by atoms with Crippen molar-refractivity contribution in [2.24, 2.45) is 0 Å². The minimum Gasteiger partial charge on any atom is -0.495 e. The highest BCUT2D eigenvalue weighted by molar-refractivity contribution is 6.39.